The van der Waals surface area contributed by atoms with Gasteiger partial charge in [0, 0.05) is 16.1 Å². The van der Waals surface area contributed by atoms with Crippen LogP contribution >= 0.6 is 15.9 Å². The minimum absolute atomic E-state index is 0.216. The van der Waals surface area contributed by atoms with Gasteiger partial charge in [0.15, 0.2) is 0 Å². The number of nitrogens with one attached hydrogen (secondary N) is 1. The molecule has 3 nitrogen and oxygen atoms in total. The average molecular weight is 370 g/mol. The number of aromatic carboxylic acids is 1. The highest BCUT2D eigenvalue weighted by atomic mass is 79.9. The van der Waals surface area contributed by atoms with Gasteiger partial charge in [-0.05, 0) is 47.7 Å². The molecule has 0 saturated carbocycles. The summed E-state index contributed by atoms with van der Waals surface area (Å²) in [6.07, 6.45) is 5.43. The second kappa shape index (κ2) is 5.53. The van der Waals surface area contributed by atoms with Crippen molar-refractivity contribution in [3.05, 3.63) is 75.8 Å². The summed E-state index contributed by atoms with van der Waals surface area (Å²) < 4.78 is 1.11. The van der Waals surface area contributed by atoms with Gasteiger partial charge in [0.2, 0.25) is 0 Å². The third kappa shape index (κ3) is 2.38. The van der Waals surface area contributed by atoms with Crippen LogP contribution in [0.25, 0.3) is 0 Å². The molecule has 23 heavy (non-hydrogen) atoms. The number of allylic oxidation sites excluding steroid dienone is 2. The van der Waals surface area contributed by atoms with Gasteiger partial charge in [-0.15, -0.1) is 0 Å². The Hall–Kier alpha value is -2.07. The minimum Gasteiger partial charge on any atom is -0.478 e. The largest absolute Gasteiger partial charge is 0.478 e. The van der Waals surface area contributed by atoms with Crippen LogP contribution in [0.3, 0.4) is 0 Å². The van der Waals surface area contributed by atoms with Crippen LogP contribution in [0, 0.1) is 5.92 Å². The first-order chi connectivity index (χ1) is 11.1. The molecule has 4 heteroatoms. The summed E-state index contributed by atoms with van der Waals surface area (Å²) in [5, 5.41) is 12.9. The van der Waals surface area contributed by atoms with E-state index in [1.54, 1.807) is 6.07 Å². The van der Waals surface area contributed by atoms with Crippen LogP contribution in [-0.2, 0) is 0 Å². The van der Waals surface area contributed by atoms with Crippen molar-refractivity contribution < 1.29 is 9.90 Å². The Morgan fingerprint density at radius 1 is 1.17 bits per heavy atom. The molecule has 3 atom stereocenters. The summed E-state index contributed by atoms with van der Waals surface area (Å²) in [5.74, 6) is -0.202. The fourth-order valence-corrected chi connectivity index (χ4v) is 4.29. The molecule has 1 heterocycles. The molecule has 0 fully saturated rings. The predicted molar refractivity (Wildman–Crippen MR) is 93.9 cm³/mol. The summed E-state index contributed by atoms with van der Waals surface area (Å²) in [5.41, 5.74) is 3.72. The third-order valence-corrected chi connectivity index (χ3v) is 5.57. The molecule has 0 spiro atoms. The van der Waals surface area contributed by atoms with Gasteiger partial charge in [-0.1, -0.05) is 46.3 Å². The summed E-state index contributed by atoms with van der Waals surface area (Å²) in [4.78, 5) is 11.3. The fourth-order valence-electron chi connectivity index (χ4n) is 3.76. The Labute approximate surface area is 143 Å². The molecular weight excluding hydrogens is 354 g/mol. The maximum absolute atomic E-state index is 11.3. The van der Waals surface area contributed by atoms with Gasteiger partial charge >= 0.3 is 5.97 Å². The first-order valence-corrected chi connectivity index (χ1v) is 8.49. The molecule has 1 aliphatic heterocycles. The summed E-state index contributed by atoms with van der Waals surface area (Å²) in [7, 11) is 0. The summed E-state index contributed by atoms with van der Waals surface area (Å²) in [6.45, 7) is 0. The van der Waals surface area contributed by atoms with Gasteiger partial charge in [0.05, 0.1) is 11.6 Å². The van der Waals surface area contributed by atoms with E-state index in [0.29, 0.717) is 11.5 Å². The van der Waals surface area contributed by atoms with E-state index in [0.717, 1.165) is 22.1 Å². The van der Waals surface area contributed by atoms with Crippen LogP contribution in [0.4, 0.5) is 5.69 Å². The lowest BCUT2D eigenvalue weighted by atomic mass is 9.76. The number of halogens is 1. The standard InChI is InChI=1S/C19H16BrNO2/c20-16-7-2-1-4-14(16)18-13-6-3-5-12(13)15-10-11(19(22)23)8-9-17(15)21-18/h1-5,7-10,12-13,18,21H,6H2,(H,22,23). The van der Waals surface area contributed by atoms with Crippen molar-refractivity contribution >= 4 is 27.6 Å². The summed E-state index contributed by atoms with van der Waals surface area (Å²) in [6, 6.07) is 13.9. The van der Waals surface area contributed by atoms with Crippen LogP contribution in [0.1, 0.15) is 39.9 Å². The predicted octanol–water partition coefficient (Wildman–Crippen LogP) is 4.97. The monoisotopic (exact) mass is 369 g/mol. The smallest absolute Gasteiger partial charge is 0.335 e. The van der Waals surface area contributed by atoms with Crippen LogP contribution in [0.15, 0.2) is 59.1 Å². The number of carboxylic acid groups (broad SMARTS) is 1. The van der Waals surface area contributed by atoms with E-state index in [-0.39, 0.29) is 12.0 Å². The van der Waals surface area contributed by atoms with E-state index in [1.165, 1.54) is 5.56 Å². The van der Waals surface area contributed by atoms with Crippen molar-refractivity contribution in [2.75, 3.05) is 5.32 Å². The second-order valence-electron chi connectivity index (χ2n) is 6.10. The van der Waals surface area contributed by atoms with Crippen molar-refractivity contribution in [3.8, 4) is 0 Å². The van der Waals surface area contributed by atoms with Crippen LogP contribution < -0.4 is 5.32 Å². The first-order valence-electron chi connectivity index (χ1n) is 7.70. The minimum atomic E-state index is -0.876. The van der Waals surface area contributed by atoms with Crippen molar-refractivity contribution in [1.82, 2.24) is 0 Å². The highest BCUT2D eigenvalue weighted by molar-refractivity contribution is 9.10. The highest BCUT2D eigenvalue weighted by Gasteiger charge is 2.38. The average Bonchev–Trinajstić information content (AvgIpc) is 3.04. The quantitative estimate of drug-likeness (QED) is 0.734. The Morgan fingerprint density at radius 3 is 2.78 bits per heavy atom. The lowest BCUT2D eigenvalue weighted by Crippen LogP contribution is -2.29. The van der Waals surface area contributed by atoms with E-state index in [1.807, 2.05) is 18.2 Å². The number of carbonyl (C=O) groups is 1. The van der Waals surface area contributed by atoms with E-state index in [2.05, 4.69) is 51.6 Å². The van der Waals surface area contributed by atoms with Crippen molar-refractivity contribution in [3.63, 3.8) is 0 Å². The molecule has 2 aromatic carbocycles. The van der Waals surface area contributed by atoms with Gasteiger partial charge in [0.25, 0.3) is 0 Å². The van der Waals surface area contributed by atoms with E-state index in [4.69, 9.17) is 0 Å². The molecule has 2 aliphatic rings. The van der Waals surface area contributed by atoms with Crippen molar-refractivity contribution in [2.45, 2.75) is 18.4 Å². The molecule has 3 unspecified atom stereocenters. The van der Waals surface area contributed by atoms with E-state index >= 15 is 0 Å². The molecule has 0 bridgehead atoms. The number of anilines is 1. The Bertz CT molecular complexity index is 815. The molecule has 116 valence electrons. The number of hydrogen-bond donors (Lipinski definition) is 2. The molecular formula is C19H16BrNO2. The van der Waals surface area contributed by atoms with Crippen molar-refractivity contribution in [1.29, 1.82) is 0 Å². The Morgan fingerprint density at radius 2 is 2.00 bits per heavy atom. The number of hydrogen-bond acceptors (Lipinski definition) is 2. The van der Waals surface area contributed by atoms with Crippen LogP contribution in [0.5, 0.6) is 0 Å². The number of benzene rings is 2. The maximum atomic E-state index is 11.3. The second-order valence-corrected chi connectivity index (χ2v) is 6.96. The SMILES string of the molecule is O=C(O)c1ccc2c(c1)C1C=CCC1C(c1ccccc1Br)N2. The molecule has 2 aromatic rings. The van der Waals surface area contributed by atoms with E-state index in [9.17, 15) is 9.90 Å². The molecule has 0 amide bonds. The van der Waals surface area contributed by atoms with Crippen LogP contribution in [-0.4, -0.2) is 11.1 Å². The number of fused-ring (bicyclic) bond motifs is 3. The van der Waals surface area contributed by atoms with Crippen LogP contribution in [0.2, 0.25) is 0 Å². The maximum Gasteiger partial charge on any atom is 0.335 e. The van der Waals surface area contributed by atoms with Gasteiger partial charge in [-0.25, -0.2) is 4.79 Å². The third-order valence-electron chi connectivity index (χ3n) is 4.85. The van der Waals surface area contributed by atoms with Crippen molar-refractivity contribution in [2.24, 2.45) is 5.92 Å². The zero-order chi connectivity index (χ0) is 16.0. The fraction of sp³-hybridized carbons (Fsp3) is 0.211. The lowest BCUT2D eigenvalue weighted by molar-refractivity contribution is 0.0696. The summed E-state index contributed by atoms with van der Waals surface area (Å²) >= 11 is 3.66. The highest BCUT2D eigenvalue weighted by Crippen LogP contribution is 2.50. The normalized spacial score (nSPS) is 24.7. The van der Waals surface area contributed by atoms with Gasteiger partial charge in [-0.3, -0.25) is 0 Å². The van der Waals surface area contributed by atoms with E-state index < -0.39 is 5.97 Å². The first kappa shape index (κ1) is 14.5. The topological polar surface area (TPSA) is 49.3 Å². The molecule has 4 rings (SSSR count). The Kier molecular flexibility index (Phi) is 3.49. The molecule has 1 aliphatic carbocycles. The molecule has 0 saturated heterocycles. The Balaban J connectivity index is 1.81. The number of rotatable bonds is 2. The molecule has 0 radical (unpaired) electrons. The van der Waals surface area contributed by atoms with Gasteiger partial charge in [0.1, 0.15) is 0 Å². The number of carboxylic acids is 1. The lowest BCUT2D eigenvalue weighted by Gasteiger charge is -2.38. The molecule has 0 aromatic heterocycles. The van der Waals surface area contributed by atoms with Gasteiger partial charge < -0.3 is 10.4 Å². The zero-order valence-electron chi connectivity index (χ0n) is 12.4. The van der Waals surface area contributed by atoms with Gasteiger partial charge in [-0.2, -0.15) is 0 Å². The zero-order valence-corrected chi connectivity index (χ0v) is 14.0. The molecule has 2 N–H and O–H groups in total.